The maximum Gasteiger partial charge on any atom is 0.413 e. The summed E-state index contributed by atoms with van der Waals surface area (Å²) in [5.74, 6) is -1.56. The maximum atomic E-state index is 12.5. The second-order valence-corrected chi connectivity index (χ2v) is 5.77. The summed E-state index contributed by atoms with van der Waals surface area (Å²) >= 11 is 0. The summed E-state index contributed by atoms with van der Waals surface area (Å²) < 4.78 is 9.80. The molecule has 0 fully saturated rings. The lowest BCUT2D eigenvalue weighted by molar-refractivity contribution is -0.433. The summed E-state index contributed by atoms with van der Waals surface area (Å²) in [6.45, 7) is 5.11. The van der Waals surface area contributed by atoms with Gasteiger partial charge in [-0.25, -0.2) is 9.59 Å². The van der Waals surface area contributed by atoms with Crippen LogP contribution in [0.2, 0.25) is 0 Å². The van der Waals surface area contributed by atoms with Crippen molar-refractivity contribution < 1.29 is 24.0 Å². The normalized spacial score (nSPS) is 19.8. The fourth-order valence-corrected chi connectivity index (χ4v) is 3.07. The molecule has 2 aliphatic rings. The number of hydrogen-bond acceptors (Lipinski definition) is 7. The molecular weight excluding hydrogens is 342 g/mol. The first-order chi connectivity index (χ1) is 12.3. The van der Waals surface area contributed by atoms with Gasteiger partial charge in [0.05, 0.1) is 36.5 Å². The van der Waals surface area contributed by atoms with Gasteiger partial charge in [0.15, 0.2) is 0 Å². The lowest BCUT2D eigenvalue weighted by Crippen LogP contribution is -2.38. The van der Waals surface area contributed by atoms with Crippen LogP contribution in [0.4, 0.5) is 4.79 Å². The number of nitrogens with one attached hydrogen (secondary N) is 1. The molecule has 0 radical (unpaired) electrons. The molecule has 1 atom stereocenters. The molecule has 0 aliphatic carbocycles. The van der Waals surface area contributed by atoms with E-state index in [4.69, 9.17) is 9.47 Å². The number of methoxy groups -OCH3 is 1. The van der Waals surface area contributed by atoms with Crippen molar-refractivity contribution >= 4 is 12.1 Å². The molecular formula is C17H21N3O6. The molecule has 2 heterocycles. The molecule has 0 aromatic rings. The number of allylic oxidation sites excluding steroid dienone is 5. The number of rotatable bonds is 4. The van der Waals surface area contributed by atoms with Gasteiger partial charge in [-0.2, -0.15) is 0 Å². The average molecular weight is 363 g/mol. The molecule has 0 bridgehead atoms. The highest BCUT2D eigenvalue weighted by atomic mass is 16.6. The Morgan fingerprint density at radius 2 is 2.08 bits per heavy atom. The Kier molecular flexibility index (Phi) is 5.81. The molecule has 1 unspecified atom stereocenters. The Labute approximate surface area is 150 Å². The van der Waals surface area contributed by atoms with Crippen LogP contribution in [0.25, 0.3) is 0 Å². The molecule has 1 amide bonds. The number of amides is 1. The molecule has 1 N–H and O–H groups in total. The van der Waals surface area contributed by atoms with Crippen molar-refractivity contribution in [3.8, 4) is 0 Å². The molecule has 0 aromatic heterocycles. The van der Waals surface area contributed by atoms with Gasteiger partial charge in [-0.05, 0) is 32.4 Å². The first-order valence-electron chi connectivity index (χ1n) is 8.03. The molecule has 26 heavy (non-hydrogen) atoms. The molecule has 0 saturated heterocycles. The summed E-state index contributed by atoms with van der Waals surface area (Å²) in [7, 11) is 1.25. The minimum absolute atomic E-state index is 0.0641. The van der Waals surface area contributed by atoms with Gasteiger partial charge in [-0.15, -0.1) is 0 Å². The van der Waals surface area contributed by atoms with E-state index in [1.54, 1.807) is 32.9 Å². The lowest BCUT2D eigenvalue weighted by Gasteiger charge is -2.30. The predicted octanol–water partition coefficient (Wildman–Crippen LogP) is 2.07. The van der Waals surface area contributed by atoms with Gasteiger partial charge in [-0.3, -0.25) is 15.0 Å². The van der Waals surface area contributed by atoms with Crippen LogP contribution in [0.1, 0.15) is 20.8 Å². The molecule has 0 saturated carbocycles. The van der Waals surface area contributed by atoms with E-state index in [0.717, 1.165) is 0 Å². The molecule has 140 valence electrons. The number of hydrogen-bond donors (Lipinski definition) is 1. The van der Waals surface area contributed by atoms with Crippen LogP contribution in [0.5, 0.6) is 0 Å². The number of carbonyl (C=O) groups excluding carboxylic acids is 2. The van der Waals surface area contributed by atoms with Crippen LogP contribution < -0.4 is 5.32 Å². The van der Waals surface area contributed by atoms with Gasteiger partial charge in [0.25, 0.3) is 5.70 Å². The molecule has 9 nitrogen and oxygen atoms in total. The minimum atomic E-state index is -0.928. The zero-order valence-corrected chi connectivity index (χ0v) is 15.1. The van der Waals surface area contributed by atoms with Crippen molar-refractivity contribution in [2.45, 2.75) is 20.8 Å². The van der Waals surface area contributed by atoms with E-state index in [1.807, 2.05) is 0 Å². The minimum Gasteiger partial charge on any atom is -0.463 e. The smallest absolute Gasteiger partial charge is 0.413 e. The quantitative estimate of drug-likeness (QED) is 0.462. The SMILES string of the molecule is CCOC(=O)C1=C(C)NC(C)=C([N+](=O)[O-])C1C1=CC=CN(C(=O)OC)C1. The van der Waals surface area contributed by atoms with E-state index in [-0.39, 0.29) is 24.4 Å². The highest BCUT2D eigenvalue weighted by Crippen LogP contribution is 2.37. The Morgan fingerprint density at radius 1 is 1.38 bits per heavy atom. The van der Waals surface area contributed by atoms with Crippen LogP contribution in [0.15, 0.2) is 46.6 Å². The van der Waals surface area contributed by atoms with Gasteiger partial charge in [0.1, 0.15) is 5.92 Å². The van der Waals surface area contributed by atoms with E-state index in [0.29, 0.717) is 17.0 Å². The number of nitro groups is 1. The van der Waals surface area contributed by atoms with Crippen molar-refractivity contribution in [1.82, 2.24) is 10.2 Å². The van der Waals surface area contributed by atoms with Crippen molar-refractivity contribution in [2.24, 2.45) is 5.92 Å². The monoisotopic (exact) mass is 363 g/mol. The maximum absolute atomic E-state index is 12.5. The third-order valence-corrected chi connectivity index (χ3v) is 4.13. The van der Waals surface area contributed by atoms with Crippen molar-refractivity contribution in [3.05, 3.63) is 56.7 Å². The van der Waals surface area contributed by atoms with E-state index >= 15 is 0 Å². The topological polar surface area (TPSA) is 111 Å². The Bertz CT molecular complexity index is 762. The summed E-state index contributed by atoms with van der Waals surface area (Å²) in [6, 6.07) is 0. The Hall–Kier alpha value is -3.10. The molecule has 2 rings (SSSR count). The number of carbonyl (C=O) groups is 2. The number of esters is 1. The van der Waals surface area contributed by atoms with Crippen LogP contribution in [0.3, 0.4) is 0 Å². The number of dihydropyridines is 1. The average Bonchev–Trinajstić information content (AvgIpc) is 2.60. The molecule has 0 aromatic carbocycles. The molecule has 0 spiro atoms. The third-order valence-electron chi connectivity index (χ3n) is 4.13. The summed E-state index contributed by atoms with van der Waals surface area (Å²) in [6.07, 6.45) is 4.17. The van der Waals surface area contributed by atoms with Gasteiger partial charge in [0, 0.05) is 11.9 Å². The fourth-order valence-electron chi connectivity index (χ4n) is 3.07. The van der Waals surface area contributed by atoms with E-state index < -0.39 is 22.9 Å². The van der Waals surface area contributed by atoms with Gasteiger partial charge in [-0.1, -0.05) is 6.08 Å². The van der Waals surface area contributed by atoms with Crippen LogP contribution in [0, 0.1) is 16.0 Å². The van der Waals surface area contributed by atoms with Gasteiger partial charge in [0.2, 0.25) is 0 Å². The zero-order valence-electron chi connectivity index (χ0n) is 15.1. The third kappa shape index (κ3) is 3.61. The summed E-state index contributed by atoms with van der Waals surface area (Å²) in [5.41, 5.74) is 1.36. The van der Waals surface area contributed by atoms with Crippen LogP contribution in [-0.2, 0) is 14.3 Å². The van der Waals surface area contributed by atoms with Gasteiger partial charge >= 0.3 is 12.1 Å². The first-order valence-corrected chi connectivity index (χ1v) is 8.03. The fraction of sp³-hybridized carbons (Fsp3) is 0.412. The van der Waals surface area contributed by atoms with Gasteiger partial charge < -0.3 is 14.8 Å². The van der Waals surface area contributed by atoms with Crippen molar-refractivity contribution in [2.75, 3.05) is 20.3 Å². The lowest BCUT2D eigenvalue weighted by atomic mass is 9.82. The highest BCUT2D eigenvalue weighted by Gasteiger charge is 2.42. The summed E-state index contributed by atoms with van der Waals surface area (Å²) in [4.78, 5) is 36.8. The van der Waals surface area contributed by atoms with Crippen molar-refractivity contribution in [3.63, 3.8) is 0 Å². The Morgan fingerprint density at radius 3 is 2.65 bits per heavy atom. The van der Waals surface area contributed by atoms with Crippen LogP contribution >= 0.6 is 0 Å². The largest absolute Gasteiger partial charge is 0.463 e. The highest BCUT2D eigenvalue weighted by molar-refractivity contribution is 5.91. The van der Waals surface area contributed by atoms with Crippen LogP contribution in [-0.4, -0.2) is 42.1 Å². The number of nitrogens with zero attached hydrogens (tertiary/aromatic N) is 2. The predicted molar refractivity (Wildman–Crippen MR) is 92.0 cm³/mol. The number of ether oxygens (including phenoxy) is 2. The van der Waals surface area contributed by atoms with E-state index in [1.165, 1.54) is 18.2 Å². The molecule has 2 aliphatic heterocycles. The standard InChI is InChI=1S/C17H21N3O6/c1-5-26-16(21)13-10(2)18-11(3)15(20(23)24)14(13)12-7-6-8-19(9-12)17(22)25-4/h6-8,14,18H,5,9H2,1-4H3. The zero-order chi connectivity index (χ0) is 19.4. The Balaban J connectivity index is 2.53. The summed E-state index contributed by atoms with van der Waals surface area (Å²) in [5, 5.41) is 14.6. The van der Waals surface area contributed by atoms with Crippen molar-refractivity contribution in [1.29, 1.82) is 0 Å². The van der Waals surface area contributed by atoms with E-state index in [2.05, 4.69) is 5.32 Å². The first kappa shape index (κ1) is 19.2. The van der Waals surface area contributed by atoms with E-state index in [9.17, 15) is 19.7 Å². The second-order valence-electron chi connectivity index (χ2n) is 5.77. The molecule has 9 heteroatoms. The second kappa shape index (κ2) is 7.85.